The summed E-state index contributed by atoms with van der Waals surface area (Å²) < 4.78 is 9.55. The van der Waals surface area contributed by atoms with Crippen molar-refractivity contribution >= 4 is 16.8 Å². The van der Waals surface area contributed by atoms with Crippen molar-refractivity contribution in [3.8, 4) is 0 Å². The van der Waals surface area contributed by atoms with Gasteiger partial charge in [-0.1, -0.05) is 12.1 Å². The normalized spacial score (nSPS) is 17.0. The number of fused-ring (bicyclic) bond motifs is 3. The summed E-state index contributed by atoms with van der Waals surface area (Å²) in [4.78, 5) is 7.15. The number of nitrogens with zero attached hydrogens (tertiary/aromatic N) is 5. The van der Waals surface area contributed by atoms with Gasteiger partial charge in [0.1, 0.15) is 5.82 Å². The van der Waals surface area contributed by atoms with E-state index < -0.39 is 0 Å². The fourth-order valence-electron chi connectivity index (χ4n) is 2.95. The summed E-state index contributed by atoms with van der Waals surface area (Å²) in [6.45, 7) is 7.68. The number of ether oxygens (including phenoxy) is 1. The third-order valence-electron chi connectivity index (χ3n) is 4.14. The molecule has 1 fully saturated rings. The molecule has 6 nitrogen and oxygen atoms in total. The van der Waals surface area contributed by atoms with Crippen LogP contribution in [0.1, 0.15) is 5.82 Å². The van der Waals surface area contributed by atoms with Crippen LogP contribution in [0.2, 0.25) is 0 Å². The summed E-state index contributed by atoms with van der Waals surface area (Å²) in [6, 6.07) is 8.14. The van der Waals surface area contributed by atoms with Gasteiger partial charge in [0.2, 0.25) is 5.78 Å². The predicted molar refractivity (Wildman–Crippen MR) is 80.5 cm³/mol. The Morgan fingerprint density at radius 2 is 1.95 bits per heavy atom. The molecule has 1 saturated heterocycles. The highest BCUT2D eigenvalue weighted by Crippen LogP contribution is 2.17. The van der Waals surface area contributed by atoms with E-state index in [4.69, 9.17) is 9.72 Å². The Hall–Kier alpha value is -1.92. The van der Waals surface area contributed by atoms with Crippen molar-refractivity contribution < 1.29 is 4.74 Å². The molecule has 1 aromatic carbocycles. The molecule has 110 valence electrons. The topological polar surface area (TPSA) is 47.6 Å². The minimum absolute atomic E-state index is 0.839. The Morgan fingerprint density at radius 1 is 1.14 bits per heavy atom. The van der Waals surface area contributed by atoms with Crippen LogP contribution < -0.4 is 0 Å². The number of imidazole rings is 1. The average molecular weight is 285 g/mol. The molecule has 4 rings (SSSR count). The zero-order valence-corrected chi connectivity index (χ0v) is 12.2. The van der Waals surface area contributed by atoms with E-state index in [0.717, 1.165) is 62.0 Å². The molecule has 0 aliphatic carbocycles. The smallest absolute Gasteiger partial charge is 0.233 e. The van der Waals surface area contributed by atoms with Crippen LogP contribution in [-0.2, 0) is 11.3 Å². The highest BCUT2D eigenvalue weighted by molar-refractivity contribution is 5.78. The fraction of sp³-hybridized carbons (Fsp3) is 0.467. The molecule has 0 unspecified atom stereocenters. The van der Waals surface area contributed by atoms with Gasteiger partial charge in [0.15, 0.2) is 0 Å². The van der Waals surface area contributed by atoms with Gasteiger partial charge in [-0.15, -0.1) is 0 Å². The van der Waals surface area contributed by atoms with Gasteiger partial charge in [0, 0.05) is 26.2 Å². The monoisotopic (exact) mass is 285 g/mol. The Kier molecular flexibility index (Phi) is 3.12. The van der Waals surface area contributed by atoms with Crippen LogP contribution in [0, 0.1) is 6.92 Å². The minimum Gasteiger partial charge on any atom is -0.379 e. The number of benzene rings is 1. The number of hydrogen-bond acceptors (Lipinski definition) is 4. The van der Waals surface area contributed by atoms with Gasteiger partial charge < -0.3 is 4.74 Å². The lowest BCUT2D eigenvalue weighted by atomic mass is 10.3. The Labute approximate surface area is 122 Å². The number of morpholine rings is 1. The van der Waals surface area contributed by atoms with Crippen LogP contribution in [0.4, 0.5) is 0 Å². The highest BCUT2D eigenvalue weighted by atomic mass is 16.5. The van der Waals surface area contributed by atoms with Gasteiger partial charge >= 0.3 is 0 Å². The van der Waals surface area contributed by atoms with Crippen molar-refractivity contribution in [3.63, 3.8) is 0 Å². The average Bonchev–Trinajstić information content (AvgIpc) is 3.01. The van der Waals surface area contributed by atoms with Crippen LogP contribution in [0.15, 0.2) is 24.3 Å². The second-order valence-electron chi connectivity index (χ2n) is 5.47. The summed E-state index contributed by atoms with van der Waals surface area (Å²) in [7, 11) is 0. The summed E-state index contributed by atoms with van der Waals surface area (Å²) in [5, 5.41) is 4.64. The standard InChI is InChI=1S/C15H19N5O/c1-12-17-20-14-5-3-2-4-13(14)16-15(20)19(12)7-6-18-8-10-21-11-9-18/h2-5H,6-11H2,1H3. The predicted octanol–water partition coefficient (Wildman–Crippen LogP) is 1.32. The molecule has 3 heterocycles. The number of para-hydroxylation sites is 2. The molecule has 1 aliphatic rings. The third kappa shape index (κ3) is 2.20. The van der Waals surface area contributed by atoms with E-state index in [9.17, 15) is 0 Å². The summed E-state index contributed by atoms with van der Waals surface area (Å²) in [5.41, 5.74) is 2.07. The van der Waals surface area contributed by atoms with E-state index >= 15 is 0 Å². The first-order valence-electron chi connectivity index (χ1n) is 7.43. The van der Waals surface area contributed by atoms with Gasteiger partial charge in [0.25, 0.3) is 0 Å². The molecular weight excluding hydrogens is 266 g/mol. The van der Waals surface area contributed by atoms with Crippen molar-refractivity contribution in [2.45, 2.75) is 13.5 Å². The molecule has 0 radical (unpaired) electrons. The molecule has 0 bridgehead atoms. The molecule has 21 heavy (non-hydrogen) atoms. The maximum atomic E-state index is 5.39. The van der Waals surface area contributed by atoms with E-state index in [1.54, 1.807) is 0 Å². The number of hydrogen-bond donors (Lipinski definition) is 0. The van der Waals surface area contributed by atoms with Crippen LogP contribution in [0.3, 0.4) is 0 Å². The second kappa shape index (κ2) is 5.13. The van der Waals surface area contributed by atoms with Crippen molar-refractivity contribution in [3.05, 3.63) is 30.1 Å². The first-order valence-corrected chi connectivity index (χ1v) is 7.43. The molecule has 0 spiro atoms. The van der Waals surface area contributed by atoms with Crippen LogP contribution in [0.25, 0.3) is 16.8 Å². The van der Waals surface area contributed by atoms with Gasteiger partial charge in [-0.05, 0) is 19.1 Å². The number of aromatic nitrogens is 4. The van der Waals surface area contributed by atoms with Gasteiger partial charge in [-0.3, -0.25) is 9.47 Å². The Bertz CT molecular complexity index is 769. The molecule has 2 aromatic heterocycles. The third-order valence-corrected chi connectivity index (χ3v) is 4.14. The summed E-state index contributed by atoms with van der Waals surface area (Å²) in [6.07, 6.45) is 0. The zero-order valence-electron chi connectivity index (χ0n) is 12.2. The van der Waals surface area contributed by atoms with Crippen LogP contribution in [-0.4, -0.2) is 56.9 Å². The highest BCUT2D eigenvalue weighted by Gasteiger charge is 2.15. The van der Waals surface area contributed by atoms with E-state index in [-0.39, 0.29) is 0 Å². The van der Waals surface area contributed by atoms with E-state index in [2.05, 4.69) is 20.6 Å². The van der Waals surface area contributed by atoms with Crippen LogP contribution >= 0.6 is 0 Å². The lowest BCUT2D eigenvalue weighted by Gasteiger charge is -2.26. The molecule has 0 amide bonds. The van der Waals surface area contributed by atoms with Gasteiger partial charge in [0.05, 0.1) is 24.2 Å². The van der Waals surface area contributed by atoms with Crippen molar-refractivity contribution in [2.75, 3.05) is 32.8 Å². The lowest BCUT2D eigenvalue weighted by molar-refractivity contribution is 0.0364. The molecule has 0 saturated carbocycles. The molecule has 3 aromatic rings. The molecule has 0 N–H and O–H groups in total. The van der Waals surface area contributed by atoms with Crippen molar-refractivity contribution in [1.82, 2.24) is 24.1 Å². The minimum atomic E-state index is 0.839. The first kappa shape index (κ1) is 12.8. The van der Waals surface area contributed by atoms with E-state index in [0.29, 0.717) is 0 Å². The second-order valence-corrected chi connectivity index (χ2v) is 5.47. The largest absolute Gasteiger partial charge is 0.379 e. The maximum Gasteiger partial charge on any atom is 0.233 e. The number of rotatable bonds is 3. The maximum absolute atomic E-state index is 5.39. The zero-order chi connectivity index (χ0) is 14.2. The van der Waals surface area contributed by atoms with Crippen molar-refractivity contribution in [2.24, 2.45) is 0 Å². The quantitative estimate of drug-likeness (QED) is 0.728. The molecule has 6 heteroatoms. The summed E-state index contributed by atoms with van der Waals surface area (Å²) in [5.74, 6) is 1.94. The molecule has 0 atom stereocenters. The first-order chi connectivity index (χ1) is 10.3. The SMILES string of the molecule is Cc1nn2c3ccccc3nc2n1CCN1CCOCC1. The van der Waals surface area contributed by atoms with Gasteiger partial charge in [-0.25, -0.2) is 4.98 Å². The van der Waals surface area contributed by atoms with E-state index in [1.165, 1.54) is 0 Å². The Morgan fingerprint density at radius 3 is 2.81 bits per heavy atom. The van der Waals surface area contributed by atoms with E-state index in [1.807, 2.05) is 29.6 Å². The molecular formula is C15H19N5O. The number of aryl methyl sites for hydroxylation is 1. The Balaban J connectivity index is 1.65. The van der Waals surface area contributed by atoms with Crippen molar-refractivity contribution in [1.29, 1.82) is 0 Å². The van der Waals surface area contributed by atoms with Crippen LogP contribution in [0.5, 0.6) is 0 Å². The fourth-order valence-corrected chi connectivity index (χ4v) is 2.95. The summed E-state index contributed by atoms with van der Waals surface area (Å²) >= 11 is 0. The lowest BCUT2D eigenvalue weighted by Crippen LogP contribution is -2.38. The molecule has 1 aliphatic heterocycles. The van der Waals surface area contributed by atoms with Gasteiger partial charge in [-0.2, -0.15) is 9.61 Å².